The fraction of sp³-hybridized carbons (Fsp3) is 0.353. The van der Waals surface area contributed by atoms with Crippen molar-refractivity contribution in [2.45, 2.75) is 32.5 Å². The van der Waals surface area contributed by atoms with E-state index < -0.39 is 0 Å². The Labute approximate surface area is 130 Å². The van der Waals surface area contributed by atoms with Crippen molar-refractivity contribution in [1.29, 1.82) is 0 Å². The quantitative estimate of drug-likeness (QED) is 0.909. The Hall–Kier alpha value is -2.27. The van der Waals surface area contributed by atoms with Crippen molar-refractivity contribution in [3.05, 3.63) is 59.7 Å². The minimum absolute atomic E-state index is 0.0502. The SMILES string of the molecule is C[C@H](Cc1cnccn1)NC(=O)CN1Cc2ccccc2C1. The molecule has 1 amide bonds. The third-order valence-corrected chi connectivity index (χ3v) is 3.81. The minimum Gasteiger partial charge on any atom is -0.352 e. The first-order valence-corrected chi connectivity index (χ1v) is 7.54. The molecular weight excluding hydrogens is 276 g/mol. The van der Waals surface area contributed by atoms with Gasteiger partial charge < -0.3 is 5.32 Å². The second-order valence-electron chi connectivity index (χ2n) is 5.78. The summed E-state index contributed by atoms with van der Waals surface area (Å²) < 4.78 is 0. The average molecular weight is 296 g/mol. The maximum atomic E-state index is 12.2. The Bertz CT molecular complexity index is 619. The highest BCUT2D eigenvalue weighted by Gasteiger charge is 2.20. The van der Waals surface area contributed by atoms with Crippen LogP contribution in [-0.4, -0.2) is 33.4 Å². The topological polar surface area (TPSA) is 58.1 Å². The third-order valence-electron chi connectivity index (χ3n) is 3.81. The summed E-state index contributed by atoms with van der Waals surface area (Å²) in [5.74, 6) is 0.0594. The van der Waals surface area contributed by atoms with Crippen LogP contribution in [0.2, 0.25) is 0 Å². The van der Waals surface area contributed by atoms with Crippen molar-refractivity contribution in [2.75, 3.05) is 6.54 Å². The molecule has 22 heavy (non-hydrogen) atoms. The first-order chi connectivity index (χ1) is 10.7. The van der Waals surface area contributed by atoms with Crippen LogP contribution in [0, 0.1) is 0 Å². The number of amides is 1. The van der Waals surface area contributed by atoms with Crippen molar-refractivity contribution in [3.8, 4) is 0 Å². The molecule has 0 bridgehead atoms. The van der Waals surface area contributed by atoms with Crippen LogP contribution in [0.3, 0.4) is 0 Å². The van der Waals surface area contributed by atoms with Gasteiger partial charge in [0.1, 0.15) is 0 Å². The van der Waals surface area contributed by atoms with E-state index in [0.717, 1.165) is 18.8 Å². The van der Waals surface area contributed by atoms with Gasteiger partial charge in [0.05, 0.1) is 12.2 Å². The molecule has 1 aliphatic heterocycles. The van der Waals surface area contributed by atoms with Gasteiger partial charge in [-0.2, -0.15) is 0 Å². The standard InChI is InChI=1S/C17H20N4O/c1-13(8-16-9-18-6-7-19-16)20-17(22)12-21-10-14-4-2-3-5-15(14)11-21/h2-7,9,13H,8,10-12H2,1H3,(H,20,22)/t13-/m1/s1. The highest BCUT2D eigenvalue weighted by molar-refractivity contribution is 5.78. The molecule has 0 radical (unpaired) electrons. The number of benzene rings is 1. The van der Waals surface area contributed by atoms with E-state index in [9.17, 15) is 4.79 Å². The second kappa shape index (κ2) is 6.66. The predicted octanol–water partition coefficient (Wildman–Crippen LogP) is 1.54. The Morgan fingerprint density at radius 1 is 1.27 bits per heavy atom. The van der Waals surface area contributed by atoms with E-state index in [1.54, 1.807) is 18.6 Å². The van der Waals surface area contributed by atoms with Crippen molar-refractivity contribution in [3.63, 3.8) is 0 Å². The van der Waals surface area contributed by atoms with Gasteiger partial charge in [0.15, 0.2) is 0 Å². The molecule has 0 spiro atoms. The Morgan fingerprint density at radius 2 is 2.00 bits per heavy atom. The molecule has 0 unspecified atom stereocenters. The number of hydrogen-bond donors (Lipinski definition) is 1. The maximum absolute atomic E-state index is 12.2. The highest BCUT2D eigenvalue weighted by atomic mass is 16.2. The molecule has 1 atom stereocenters. The molecule has 0 saturated carbocycles. The van der Waals surface area contributed by atoms with E-state index in [-0.39, 0.29) is 11.9 Å². The third kappa shape index (κ3) is 3.68. The first kappa shape index (κ1) is 14.7. The van der Waals surface area contributed by atoms with E-state index >= 15 is 0 Å². The number of rotatable bonds is 5. The summed E-state index contributed by atoms with van der Waals surface area (Å²) in [4.78, 5) is 22.6. The molecule has 3 rings (SSSR count). The molecule has 114 valence electrons. The number of carbonyl (C=O) groups excluding carboxylic acids is 1. The van der Waals surface area contributed by atoms with Gasteiger partial charge in [-0.25, -0.2) is 0 Å². The molecule has 2 heterocycles. The van der Waals surface area contributed by atoms with Gasteiger partial charge in [-0.15, -0.1) is 0 Å². The highest BCUT2D eigenvalue weighted by Crippen LogP contribution is 2.21. The lowest BCUT2D eigenvalue weighted by Gasteiger charge is -2.17. The molecule has 0 aliphatic carbocycles. The van der Waals surface area contributed by atoms with Crippen LogP contribution in [0.4, 0.5) is 0 Å². The largest absolute Gasteiger partial charge is 0.352 e. The van der Waals surface area contributed by atoms with Crippen LogP contribution < -0.4 is 5.32 Å². The summed E-state index contributed by atoms with van der Waals surface area (Å²) in [6, 6.07) is 8.40. The lowest BCUT2D eigenvalue weighted by Crippen LogP contribution is -2.40. The summed E-state index contributed by atoms with van der Waals surface area (Å²) in [6.45, 7) is 4.12. The monoisotopic (exact) mass is 296 g/mol. The zero-order valence-electron chi connectivity index (χ0n) is 12.7. The molecule has 1 aromatic carbocycles. The van der Waals surface area contributed by atoms with Crippen LogP contribution in [0.25, 0.3) is 0 Å². The summed E-state index contributed by atoms with van der Waals surface area (Å²) in [7, 11) is 0. The number of nitrogens with zero attached hydrogens (tertiary/aromatic N) is 3. The lowest BCUT2D eigenvalue weighted by molar-refractivity contribution is -0.122. The Kier molecular flexibility index (Phi) is 4.44. The number of fused-ring (bicyclic) bond motifs is 1. The molecule has 1 aliphatic rings. The number of aromatic nitrogens is 2. The molecule has 5 heteroatoms. The number of carbonyl (C=O) groups is 1. The first-order valence-electron chi connectivity index (χ1n) is 7.54. The van der Waals surface area contributed by atoms with Gasteiger partial charge in [-0.3, -0.25) is 19.7 Å². The van der Waals surface area contributed by atoms with Gasteiger partial charge in [-0.05, 0) is 18.1 Å². The zero-order valence-corrected chi connectivity index (χ0v) is 12.7. The van der Waals surface area contributed by atoms with Gasteiger partial charge in [0, 0.05) is 44.1 Å². The van der Waals surface area contributed by atoms with Crippen molar-refractivity contribution < 1.29 is 4.79 Å². The van der Waals surface area contributed by atoms with Crippen LogP contribution in [0.5, 0.6) is 0 Å². The van der Waals surface area contributed by atoms with Crippen LogP contribution in [0.1, 0.15) is 23.7 Å². The Balaban J connectivity index is 1.47. The van der Waals surface area contributed by atoms with Crippen molar-refractivity contribution in [2.24, 2.45) is 0 Å². The smallest absolute Gasteiger partial charge is 0.234 e. The summed E-state index contributed by atoms with van der Waals surface area (Å²) in [5, 5.41) is 3.03. The average Bonchev–Trinajstić information content (AvgIpc) is 2.89. The van der Waals surface area contributed by atoms with E-state index in [1.165, 1.54) is 11.1 Å². The van der Waals surface area contributed by atoms with E-state index in [0.29, 0.717) is 13.0 Å². The van der Waals surface area contributed by atoms with Gasteiger partial charge in [0.25, 0.3) is 0 Å². The molecule has 0 fully saturated rings. The van der Waals surface area contributed by atoms with Gasteiger partial charge in [0.2, 0.25) is 5.91 Å². The summed E-state index contributed by atoms with van der Waals surface area (Å²) in [6.07, 6.45) is 5.75. The predicted molar refractivity (Wildman–Crippen MR) is 83.9 cm³/mol. The Morgan fingerprint density at radius 3 is 2.64 bits per heavy atom. The van der Waals surface area contributed by atoms with E-state index in [2.05, 4.69) is 32.3 Å². The second-order valence-corrected chi connectivity index (χ2v) is 5.78. The normalized spacial score (nSPS) is 15.3. The van der Waals surface area contributed by atoms with Crippen LogP contribution in [0.15, 0.2) is 42.9 Å². The molecule has 2 aromatic rings. The summed E-state index contributed by atoms with van der Waals surface area (Å²) >= 11 is 0. The fourth-order valence-corrected chi connectivity index (χ4v) is 2.84. The molecule has 5 nitrogen and oxygen atoms in total. The van der Waals surface area contributed by atoms with Crippen molar-refractivity contribution >= 4 is 5.91 Å². The molecule has 1 aromatic heterocycles. The molecule has 1 N–H and O–H groups in total. The van der Waals surface area contributed by atoms with Crippen LogP contribution in [-0.2, 0) is 24.3 Å². The van der Waals surface area contributed by atoms with E-state index in [4.69, 9.17) is 0 Å². The zero-order chi connectivity index (χ0) is 15.4. The lowest BCUT2D eigenvalue weighted by atomic mass is 10.1. The minimum atomic E-state index is 0.0502. The van der Waals surface area contributed by atoms with Crippen molar-refractivity contribution in [1.82, 2.24) is 20.2 Å². The number of nitrogens with one attached hydrogen (secondary N) is 1. The summed E-state index contributed by atoms with van der Waals surface area (Å²) in [5.41, 5.74) is 3.54. The van der Waals surface area contributed by atoms with E-state index in [1.807, 2.05) is 19.1 Å². The number of hydrogen-bond acceptors (Lipinski definition) is 4. The fourth-order valence-electron chi connectivity index (χ4n) is 2.84. The van der Waals surface area contributed by atoms with Crippen LogP contribution >= 0.6 is 0 Å². The molecular formula is C17H20N4O. The van der Waals surface area contributed by atoms with Gasteiger partial charge in [-0.1, -0.05) is 24.3 Å². The maximum Gasteiger partial charge on any atom is 0.234 e. The molecule has 0 saturated heterocycles. The van der Waals surface area contributed by atoms with Gasteiger partial charge >= 0.3 is 0 Å².